The standard InChI is InChI=1S/C27H28BrN5O5S/c1-2-17(37-25(34)29-15-27(38-26(35)36)11-5-6-12-27)13-16-9-10-21-20(14-16)22(28)23(39-21)18-7-3-4-8-19(18)24-30-32-33-31-24/h3-4,7-10,14,17H,2,5-6,11-13,15H2,1H3,(H,29,34)(H,35,36)(H,30,31,32,33). The van der Waals surface area contributed by atoms with Crippen molar-refractivity contribution >= 4 is 49.6 Å². The smallest absolute Gasteiger partial charge is 0.450 e. The van der Waals surface area contributed by atoms with Gasteiger partial charge in [-0.15, -0.1) is 21.5 Å². The summed E-state index contributed by atoms with van der Waals surface area (Å²) in [6.07, 6.45) is 1.87. The van der Waals surface area contributed by atoms with Crippen molar-refractivity contribution < 1.29 is 24.2 Å². The number of aromatic amines is 1. The van der Waals surface area contributed by atoms with Crippen LogP contribution < -0.4 is 5.32 Å². The second kappa shape index (κ2) is 11.7. The van der Waals surface area contributed by atoms with E-state index >= 15 is 0 Å². The summed E-state index contributed by atoms with van der Waals surface area (Å²) < 4.78 is 12.9. The largest absolute Gasteiger partial charge is 0.506 e. The third-order valence-electron chi connectivity index (χ3n) is 7.02. The molecule has 1 unspecified atom stereocenters. The van der Waals surface area contributed by atoms with E-state index in [0.29, 0.717) is 31.5 Å². The third-order valence-corrected chi connectivity index (χ3v) is 9.31. The summed E-state index contributed by atoms with van der Waals surface area (Å²) in [5.74, 6) is 0.533. The Balaban J connectivity index is 1.29. The first-order valence-corrected chi connectivity index (χ1v) is 14.4. The molecule has 1 amide bonds. The number of rotatable bonds is 9. The number of hydrogen-bond acceptors (Lipinski definition) is 8. The molecule has 1 atom stereocenters. The Kier molecular flexibility index (Phi) is 8.12. The number of nitrogens with zero attached hydrogens (tertiary/aromatic N) is 3. The summed E-state index contributed by atoms with van der Waals surface area (Å²) in [6, 6.07) is 14.2. The van der Waals surface area contributed by atoms with Crippen molar-refractivity contribution in [1.82, 2.24) is 25.9 Å². The number of amides is 1. The highest BCUT2D eigenvalue weighted by Gasteiger charge is 2.38. The van der Waals surface area contributed by atoms with E-state index in [4.69, 9.17) is 14.6 Å². The second-order valence-corrected chi connectivity index (χ2v) is 11.5. The molecule has 0 bridgehead atoms. The van der Waals surface area contributed by atoms with Crippen molar-refractivity contribution in [2.75, 3.05) is 6.54 Å². The Bertz CT molecular complexity index is 1470. The maximum atomic E-state index is 12.6. The minimum Gasteiger partial charge on any atom is -0.450 e. The van der Waals surface area contributed by atoms with E-state index in [-0.39, 0.29) is 12.6 Å². The van der Waals surface area contributed by atoms with Gasteiger partial charge in [0, 0.05) is 32.1 Å². The first-order valence-electron chi connectivity index (χ1n) is 12.8. The van der Waals surface area contributed by atoms with Crippen LogP contribution in [0.5, 0.6) is 0 Å². The van der Waals surface area contributed by atoms with Gasteiger partial charge in [-0.05, 0) is 70.9 Å². The van der Waals surface area contributed by atoms with E-state index < -0.39 is 17.8 Å². The molecule has 3 N–H and O–H groups in total. The number of thiophene rings is 1. The first kappa shape index (κ1) is 27.1. The van der Waals surface area contributed by atoms with E-state index in [1.165, 1.54) is 0 Å². The molecule has 0 spiro atoms. The predicted molar refractivity (Wildman–Crippen MR) is 151 cm³/mol. The molecule has 0 radical (unpaired) electrons. The molecule has 39 heavy (non-hydrogen) atoms. The van der Waals surface area contributed by atoms with Gasteiger partial charge in [0.15, 0.2) is 0 Å². The Morgan fingerprint density at radius 2 is 1.97 bits per heavy atom. The number of tetrazole rings is 1. The molecule has 1 saturated carbocycles. The molecule has 1 fully saturated rings. The lowest BCUT2D eigenvalue weighted by molar-refractivity contribution is -0.0154. The zero-order valence-corrected chi connectivity index (χ0v) is 23.7. The maximum absolute atomic E-state index is 12.6. The molecule has 2 aromatic carbocycles. The van der Waals surface area contributed by atoms with Gasteiger partial charge in [0.25, 0.3) is 0 Å². The van der Waals surface area contributed by atoms with Gasteiger partial charge in [-0.25, -0.2) is 9.59 Å². The lowest BCUT2D eigenvalue weighted by atomic mass is 10.0. The number of alkyl carbamates (subject to hydrolysis) is 1. The van der Waals surface area contributed by atoms with Crippen LogP contribution >= 0.6 is 27.3 Å². The lowest BCUT2D eigenvalue weighted by Gasteiger charge is -2.28. The van der Waals surface area contributed by atoms with Gasteiger partial charge in [-0.1, -0.05) is 37.3 Å². The molecule has 0 saturated heterocycles. The van der Waals surface area contributed by atoms with Crippen molar-refractivity contribution in [2.24, 2.45) is 0 Å². The average Bonchev–Trinajstić information content (AvgIpc) is 3.69. The fourth-order valence-electron chi connectivity index (χ4n) is 5.04. The van der Waals surface area contributed by atoms with Crippen molar-refractivity contribution in [2.45, 2.75) is 57.2 Å². The first-order chi connectivity index (χ1) is 18.9. The SMILES string of the molecule is CCC(Cc1ccc2sc(-c3ccccc3-c3nn[nH]n3)c(Br)c2c1)OC(=O)NCC1(OC(=O)O)CCCC1. The minimum atomic E-state index is -1.32. The van der Waals surface area contributed by atoms with Crippen molar-refractivity contribution in [3.63, 3.8) is 0 Å². The Hall–Kier alpha value is -3.51. The molecule has 12 heteroatoms. The van der Waals surface area contributed by atoms with E-state index in [0.717, 1.165) is 49.0 Å². The van der Waals surface area contributed by atoms with Crippen LogP contribution in [0, 0.1) is 0 Å². The quantitative estimate of drug-likeness (QED) is 0.180. The predicted octanol–water partition coefficient (Wildman–Crippen LogP) is 6.57. The van der Waals surface area contributed by atoms with Gasteiger partial charge in [0.1, 0.15) is 11.7 Å². The number of carboxylic acid groups (broad SMARTS) is 1. The van der Waals surface area contributed by atoms with Gasteiger partial charge < -0.3 is 19.9 Å². The molecule has 2 heterocycles. The average molecular weight is 615 g/mol. The van der Waals surface area contributed by atoms with Crippen molar-refractivity contribution in [1.29, 1.82) is 0 Å². The van der Waals surface area contributed by atoms with Gasteiger partial charge in [-0.2, -0.15) is 5.21 Å². The van der Waals surface area contributed by atoms with E-state index in [1.54, 1.807) is 11.3 Å². The topological polar surface area (TPSA) is 139 Å². The fraction of sp³-hybridized carbons (Fsp3) is 0.370. The van der Waals surface area contributed by atoms with Gasteiger partial charge in [-0.3, -0.25) is 0 Å². The third kappa shape index (κ3) is 6.06. The highest BCUT2D eigenvalue weighted by atomic mass is 79.9. The van der Waals surface area contributed by atoms with Crippen LogP contribution in [0.3, 0.4) is 0 Å². The maximum Gasteiger partial charge on any atom is 0.506 e. The molecule has 5 rings (SSSR count). The number of nitrogens with one attached hydrogen (secondary N) is 2. The highest BCUT2D eigenvalue weighted by molar-refractivity contribution is 9.10. The van der Waals surface area contributed by atoms with E-state index in [9.17, 15) is 9.59 Å². The van der Waals surface area contributed by atoms with Crippen molar-refractivity contribution in [3.05, 3.63) is 52.5 Å². The molecule has 2 aromatic heterocycles. The highest BCUT2D eigenvalue weighted by Crippen LogP contribution is 2.45. The number of halogens is 1. The van der Waals surface area contributed by atoms with Crippen LogP contribution in [0.1, 0.15) is 44.6 Å². The molecule has 1 aliphatic carbocycles. The fourth-order valence-corrected chi connectivity index (χ4v) is 7.08. The molecule has 204 valence electrons. The summed E-state index contributed by atoms with van der Waals surface area (Å²) in [7, 11) is 0. The van der Waals surface area contributed by atoms with Crippen LogP contribution in [0.4, 0.5) is 9.59 Å². The van der Waals surface area contributed by atoms with Gasteiger partial charge in [0.05, 0.1) is 11.4 Å². The van der Waals surface area contributed by atoms with E-state index in [1.807, 2.05) is 31.2 Å². The van der Waals surface area contributed by atoms with Crippen LogP contribution in [0.2, 0.25) is 0 Å². The zero-order chi connectivity index (χ0) is 27.4. The number of aromatic nitrogens is 4. The monoisotopic (exact) mass is 613 g/mol. The van der Waals surface area contributed by atoms with Crippen molar-refractivity contribution in [3.8, 4) is 21.8 Å². The summed E-state index contributed by atoms with van der Waals surface area (Å²) in [5, 5.41) is 27.4. The van der Waals surface area contributed by atoms with E-state index in [2.05, 4.69) is 60.1 Å². The molecule has 4 aromatic rings. The number of H-pyrrole nitrogens is 1. The minimum absolute atomic E-state index is 0.108. The summed E-state index contributed by atoms with van der Waals surface area (Å²) in [5.41, 5.74) is 2.06. The molecule has 0 aliphatic heterocycles. The Morgan fingerprint density at radius 3 is 2.67 bits per heavy atom. The summed E-state index contributed by atoms with van der Waals surface area (Å²) >= 11 is 5.49. The summed E-state index contributed by atoms with van der Waals surface area (Å²) in [4.78, 5) is 24.8. The normalized spacial score (nSPS) is 15.2. The number of benzene rings is 2. The second-order valence-electron chi connectivity index (χ2n) is 9.61. The van der Waals surface area contributed by atoms with Crippen LogP contribution in [-0.4, -0.2) is 56.2 Å². The van der Waals surface area contributed by atoms with Crippen LogP contribution in [-0.2, 0) is 15.9 Å². The van der Waals surface area contributed by atoms with Crippen LogP contribution in [0.15, 0.2) is 46.9 Å². The Morgan fingerprint density at radius 1 is 1.21 bits per heavy atom. The molecule has 1 aliphatic rings. The number of carbonyl (C=O) groups excluding carboxylic acids is 1. The van der Waals surface area contributed by atoms with Crippen LogP contribution in [0.25, 0.3) is 31.9 Å². The number of carbonyl (C=O) groups is 2. The van der Waals surface area contributed by atoms with Gasteiger partial charge in [0.2, 0.25) is 5.82 Å². The molecular formula is C27H28BrN5O5S. The van der Waals surface area contributed by atoms with Gasteiger partial charge >= 0.3 is 12.2 Å². The molecular weight excluding hydrogens is 586 g/mol. The number of hydrogen-bond donors (Lipinski definition) is 3. The number of fused-ring (bicyclic) bond motifs is 1. The lowest BCUT2D eigenvalue weighted by Crippen LogP contribution is -2.45. The molecule has 10 nitrogen and oxygen atoms in total. The summed E-state index contributed by atoms with van der Waals surface area (Å²) in [6.45, 7) is 2.08. The number of ether oxygens (including phenoxy) is 2. The zero-order valence-electron chi connectivity index (χ0n) is 21.3. The Labute approximate surface area is 237 Å².